The second-order valence-electron chi connectivity index (χ2n) is 11.5. The minimum Gasteiger partial charge on any atom is -0.474 e. The van der Waals surface area contributed by atoms with Crippen molar-refractivity contribution in [1.82, 2.24) is 19.9 Å². The van der Waals surface area contributed by atoms with E-state index >= 15 is 0 Å². The Morgan fingerprint density at radius 2 is 1.36 bits per heavy atom. The third-order valence-corrected chi connectivity index (χ3v) is 8.82. The topological polar surface area (TPSA) is 115 Å². The Labute approximate surface area is 305 Å². The standard InChI is InChI=1S/C23H23ClN4O3.C13H11Cl2N3O/c1-15(17-6-8-18(9-7-17)23(29)30-2)27-21-20-22(26-14-25-21)31-11-10-28(20)13-16-4-3-5-19(24)12-16;14-10-3-1-2-9(6-10)7-18-4-5-19-13-11(18)12(15)16-8-17-13/h3-9,12,14-15H,10-11,13H2,1-2H3,(H,25,26,27);1-3,6,8H,4-5,7H2/t15-;/m0./s1. The number of esters is 1. The first kappa shape index (κ1) is 35.0. The summed E-state index contributed by atoms with van der Waals surface area (Å²) in [4.78, 5) is 32.9. The number of halogens is 3. The highest BCUT2D eigenvalue weighted by Crippen LogP contribution is 2.38. The van der Waals surface area contributed by atoms with Gasteiger partial charge in [-0.1, -0.05) is 71.2 Å². The number of hydrogen-bond acceptors (Lipinski definition) is 11. The molecular weight excluding hydrogens is 701 g/mol. The van der Waals surface area contributed by atoms with Gasteiger partial charge in [0.2, 0.25) is 11.8 Å². The minimum atomic E-state index is -0.356. The monoisotopic (exact) mass is 733 g/mol. The number of ether oxygens (including phenoxy) is 3. The van der Waals surface area contributed by atoms with Crippen molar-refractivity contribution in [3.8, 4) is 11.8 Å². The van der Waals surface area contributed by atoms with Gasteiger partial charge in [0.05, 0.1) is 31.8 Å². The molecule has 2 aliphatic rings. The lowest BCUT2D eigenvalue weighted by atomic mass is 10.1. The maximum Gasteiger partial charge on any atom is 0.337 e. The van der Waals surface area contributed by atoms with Crippen LogP contribution in [0.5, 0.6) is 11.8 Å². The van der Waals surface area contributed by atoms with Crippen molar-refractivity contribution >= 4 is 58.0 Å². The summed E-state index contributed by atoms with van der Waals surface area (Å²) >= 11 is 18.3. The van der Waals surface area contributed by atoms with Gasteiger partial charge in [0.15, 0.2) is 11.0 Å². The molecule has 50 heavy (non-hydrogen) atoms. The summed E-state index contributed by atoms with van der Waals surface area (Å²) in [6.07, 6.45) is 2.90. The van der Waals surface area contributed by atoms with E-state index in [0.29, 0.717) is 66.2 Å². The number of anilines is 3. The SMILES string of the molecule is COC(=O)c1ccc([C@H](C)Nc2ncnc3c2N(Cc2cccc(Cl)c2)CCO3)cc1.Clc1cccc(CN2CCOc3ncnc(Cl)c32)c1. The van der Waals surface area contributed by atoms with E-state index in [1.165, 1.54) is 19.8 Å². The molecule has 5 aromatic rings. The summed E-state index contributed by atoms with van der Waals surface area (Å²) in [5.74, 6) is 1.43. The first-order valence-electron chi connectivity index (χ1n) is 15.8. The number of rotatable bonds is 8. The predicted molar refractivity (Wildman–Crippen MR) is 195 cm³/mol. The number of aromatic nitrogens is 4. The third kappa shape index (κ3) is 8.47. The lowest BCUT2D eigenvalue weighted by Gasteiger charge is -2.32. The number of carbonyl (C=O) groups excluding carboxylic acids is 1. The summed E-state index contributed by atoms with van der Waals surface area (Å²) in [6, 6.07) is 22.8. The van der Waals surface area contributed by atoms with E-state index in [2.05, 4.69) is 35.1 Å². The molecule has 2 aromatic heterocycles. The zero-order chi connectivity index (χ0) is 35.0. The second kappa shape index (κ2) is 16.2. The minimum absolute atomic E-state index is 0.0550. The summed E-state index contributed by atoms with van der Waals surface area (Å²) < 4.78 is 16.0. The summed E-state index contributed by atoms with van der Waals surface area (Å²) in [6.45, 7) is 5.99. The molecule has 3 aromatic carbocycles. The van der Waals surface area contributed by atoms with E-state index in [1.54, 1.807) is 12.1 Å². The fraction of sp³-hybridized carbons (Fsp3) is 0.250. The summed E-state index contributed by atoms with van der Waals surface area (Å²) in [5.41, 5.74) is 5.31. The normalized spacial score (nSPS) is 13.8. The molecule has 0 saturated heterocycles. The molecule has 0 radical (unpaired) electrons. The Balaban J connectivity index is 0.000000194. The average Bonchev–Trinajstić information content (AvgIpc) is 3.12. The third-order valence-electron chi connectivity index (χ3n) is 8.08. The van der Waals surface area contributed by atoms with E-state index < -0.39 is 0 Å². The van der Waals surface area contributed by atoms with Crippen LogP contribution in [-0.2, 0) is 17.8 Å². The van der Waals surface area contributed by atoms with Gasteiger partial charge in [-0.3, -0.25) is 0 Å². The number of methoxy groups -OCH3 is 1. The van der Waals surface area contributed by atoms with Gasteiger partial charge in [-0.15, -0.1) is 0 Å². The molecule has 0 aliphatic carbocycles. The smallest absolute Gasteiger partial charge is 0.337 e. The highest BCUT2D eigenvalue weighted by Gasteiger charge is 2.26. The van der Waals surface area contributed by atoms with Crippen LogP contribution in [0.3, 0.4) is 0 Å². The first-order valence-corrected chi connectivity index (χ1v) is 17.0. The lowest BCUT2D eigenvalue weighted by molar-refractivity contribution is 0.0600. The fourth-order valence-electron chi connectivity index (χ4n) is 5.64. The van der Waals surface area contributed by atoms with Gasteiger partial charge >= 0.3 is 5.97 Å². The lowest BCUT2D eigenvalue weighted by Crippen LogP contribution is -2.33. The molecule has 1 N–H and O–H groups in total. The fourth-order valence-corrected chi connectivity index (χ4v) is 6.31. The van der Waals surface area contributed by atoms with Gasteiger partial charge < -0.3 is 29.3 Å². The molecular formula is C36H34Cl3N7O4. The molecule has 0 spiro atoms. The Kier molecular flexibility index (Phi) is 11.4. The quantitative estimate of drug-likeness (QED) is 0.125. The highest BCUT2D eigenvalue weighted by atomic mass is 35.5. The van der Waals surface area contributed by atoms with E-state index in [-0.39, 0.29) is 12.0 Å². The average molecular weight is 735 g/mol. The van der Waals surface area contributed by atoms with E-state index in [9.17, 15) is 4.79 Å². The van der Waals surface area contributed by atoms with Crippen molar-refractivity contribution in [1.29, 1.82) is 0 Å². The van der Waals surface area contributed by atoms with Crippen LogP contribution in [0, 0.1) is 0 Å². The molecule has 2 aliphatic heterocycles. The van der Waals surface area contributed by atoms with Crippen molar-refractivity contribution in [2.75, 3.05) is 48.5 Å². The van der Waals surface area contributed by atoms with Crippen LogP contribution in [0.1, 0.15) is 40.0 Å². The molecule has 0 fully saturated rings. The predicted octanol–water partition coefficient (Wildman–Crippen LogP) is 7.67. The Morgan fingerprint density at radius 3 is 1.94 bits per heavy atom. The van der Waals surface area contributed by atoms with Crippen molar-refractivity contribution < 1.29 is 19.0 Å². The number of benzene rings is 3. The van der Waals surface area contributed by atoms with Crippen LogP contribution >= 0.6 is 34.8 Å². The van der Waals surface area contributed by atoms with Crippen LogP contribution in [0.15, 0.2) is 85.5 Å². The van der Waals surface area contributed by atoms with Crippen LogP contribution in [0.4, 0.5) is 17.2 Å². The number of fused-ring (bicyclic) bond motifs is 2. The maximum absolute atomic E-state index is 11.7. The van der Waals surface area contributed by atoms with E-state index in [0.717, 1.165) is 39.6 Å². The van der Waals surface area contributed by atoms with Gasteiger partial charge in [0, 0.05) is 23.1 Å². The molecule has 0 amide bonds. The highest BCUT2D eigenvalue weighted by molar-refractivity contribution is 6.32. The van der Waals surface area contributed by atoms with Crippen molar-refractivity contribution in [2.24, 2.45) is 0 Å². The molecule has 0 saturated carbocycles. The van der Waals surface area contributed by atoms with Crippen LogP contribution in [0.2, 0.25) is 15.2 Å². The molecule has 1 atom stereocenters. The van der Waals surface area contributed by atoms with Crippen LogP contribution in [0.25, 0.3) is 0 Å². The van der Waals surface area contributed by atoms with Crippen molar-refractivity contribution in [2.45, 2.75) is 26.1 Å². The largest absolute Gasteiger partial charge is 0.474 e. The molecule has 4 heterocycles. The number of hydrogen-bond donors (Lipinski definition) is 1. The Bertz CT molecular complexity index is 1950. The first-order chi connectivity index (χ1) is 24.3. The molecule has 11 nitrogen and oxygen atoms in total. The number of nitrogens with zero attached hydrogens (tertiary/aromatic N) is 6. The number of nitrogens with one attached hydrogen (secondary N) is 1. The van der Waals surface area contributed by atoms with Gasteiger partial charge in [0.25, 0.3) is 0 Å². The van der Waals surface area contributed by atoms with Gasteiger partial charge in [0.1, 0.15) is 37.2 Å². The van der Waals surface area contributed by atoms with Crippen molar-refractivity contribution in [3.05, 3.63) is 123 Å². The molecule has 0 bridgehead atoms. The Morgan fingerprint density at radius 1 is 0.800 bits per heavy atom. The van der Waals surface area contributed by atoms with Crippen LogP contribution in [-0.4, -0.2) is 59.3 Å². The molecule has 7 rings (SSSR count). The maximum atomic E-state index is 11.7. The van der Waals surface area contributed by atoms with Crippen molar-refractivity contribution in [3.63, 3.8) is 0 Å². The Hall–Kier alpha value is -4.84. The molecule has 0 unspecified atom stereocenters. The van der Waals surface area contributed by atoms with Gasteiger partial charge in [-0.2, -0.15) is 9.97 Å². The van der Waals surface area contributed by atoms with E-state index in [1.807, 2.05) is 67.6 Å². The molecule has 258 valence electrons. The van der Waals surface area contributed by atoms with E-state index in [4.69, 9.17) is 49.0 Å². The second-order valence-corrected chi connectivity index (χ2v) is 12.7. The summed E-state index contributed by atoms with van der Waals surface area (Å²) in [7, 11) is 1.37. The zero-order valence-electron chi connectivity index (χ0n) is 27.4. The van der Waals surface area contributed by atoms with Crippen LogP contribution < -0.4 is 24.6 Å². The van der Waals surface area contributed by atoms with Gasteiger partial charge in [-0.05, 0) is 60.0 Å². The summed E-state index contributed by atoms with van der Waals surface area (Å²) in [5, 5.41) is 5.30. The van der Waals surface area contributed by atoms with Gasteiger partial charge in [-0.25, -0.2) is 14.8 Å². The number of carbonyl (C=O) groups is 1. The zero-order valence-corrected chi connectivity index (χ0v) is 29.6. The molecule has 14 heteroatoms.